The normalized spacial score (nSPS) is 13.2. The Kier molecular flexibility index (Phi) is 8.02. The highest BCUT2D eigenvalue weighted by Crippen LogP contribution is 2.24. The van der Waals surface area contributed by atoms with Gasteiger partial charge in [-0.3, -0.25) is 0 Å². The van der Waals surface area contributed by atoms with Crippen molar-refractivity contribution in [2.45, 2.75) is 46.5 Å². The Morgan fingerprint density at radius 2 is 1.78 bits per heavy atom. The molecule has 0 aromatic carbocycles. The van der Waals surface area contributed by atoms with Gasteiger partial charge >= 0.3 is 0 Å². The first-order chi connectivity index (χ1) is 8.37. The van der Waals surface area contributed by atoms with Crippen LogP contribution in [0.4, 0.5) is 0 Å². The second-order valence-corrected chi connectivity index (χ2v) is 6.73. The molecule has 0 saturated carbocycles. The van der Waals surface area contributed by atoms with Gasteiger partial charge in [0.1, 0.15) is 0 Å². The number of rotatable bonds is 10. The Morgan fingerprint density at radius 3 is 2.17 bits per heavy atom. The number of hydrogen-bond donors (Lipinski definition) is 2. The van der Waals surface area contributed by atoms with Crippen LogP contribution < -0.4 is 4.72 Å². The summed E-state index contributed by atoms with van der Waals surface area (Å²) in [4.78, 5) is 0. The summed E-state index contributed by atoms with van der Waals surface area (Å²) in [6.45, 7) is 6.77. The molecule has 0 fully saturated rings. The van der Waals surface area contributed by atoms with E-state index < -0.39 is 10.2 Å². The lowest BCUT2D eigenvalue weighted by Crippen LogP contribution is -2.45. The van der Waals surface area contributed by atoms with Crippen molar-refractivity contribution in [2.24, 2.45) is 5.41 Å². The van der Waals surface area contributed by atoms with Crippen LogP contribution in [0.3, 0.4) is 0 Å². The number of aliphatic hydroxyl groups is 1. The molecule has 0 saturated heterocycles. The van der Waals surface area contributed by atoms with Gasteiger partial charge in [-0.15, -0.1) is 0 Å². The second-order valence-electron chi connectivity index (χ2n) is 4.87. The number of unbranched alkanes of at least 4 members (excludes halogenated alkanes) is 1. The average molecular weight is 280 g/mol. The lowest BCUT2D eigenvalue weighted by Gasteiger charge is -2.30. The van der Waals surface area contributed by atoms with E-state index in [1.165, 1.54) is 4.31 Å². The molecule has 0 heterocycles. The Morgan fingerprint density at radius 1 is 1.22 bits per heavy atom. The van der Waals surface area contributed by atoms with E-state index >= 15 is 0 Å². The van der Waals surface area contributed by atoms with E-state index in [9.17, 15) is 13.5 Å². The van der Waals surface area contributed by atoms with Gasteiger partial charge in [0.05, 0.1) is 0 Å². The first-order valence-corrected chi connectivity index (χ1v) is 8.13. The maximum Gasteiger partial charge on any atom is 0.279 e. The third kappa shape index (κ3) is 5.22. The number of nitrogens with one attached hydrogen (secondary N) is 1. The van der Waals surface area contributed by atoms with Crippen LogP contribution >= 0.6 is 0 Å². The minimum atomic E-state index is -3.42. The standard InChI is InChI=1S/C12H28N2O3S/c1-5-8-9-14(4)18(16,17)13-10-12(6-2,7-3)11-15/h13,15H,5-11H2,1-4H3. The zero-order chi connectivity index (χ0) is 14.2. The van der Waals surface area contributed by atoms with Gasteiger partial charge in [0.2, 0.25) is 0 Å². The molecule has 0 aromatic heterocycles. The predicted octanol–water partition coefficient (Wildman–Crippen LogP) is 1.35. The third-order valence-corrected chi connectivity index (χ3v) is 5.21. The Hall–Kier alpha value is -0.170. The molecular weight excluding hydrogens is 252 g/mol. The number of nitrogens with zero attached hydrogens (tertiary/aromatic N) is 1. The van der Waals surface area contributed by atoms with Crippen molar-refractivity contribution in [3.63, 3.8) is 0 Å². The molecule has 0 atom stereocenters. The van der Waals surface area contributed by atoms with Crippen LogP contribution in [0, 0.1) is 5.41 Å². The van der Waals surface area contributed by atoms with E-state index in [1.807, 2.05) is 20.8 Å². The van der Waals surface area contributed by atoms with Crippen molar-refractivity contribution in [3.05, 3.63) is 0 Å². The number of hydrogen-bond acceptors (Lipinski definition) is 3. The minimum Gasteiger partial charge on any atom is -0.396 e. The van der Waals surface area contributed by atoms with Gasteiger partial charge in [-0.1, -0.05) is 27.2 Å². The van der Waals surface area contributed by atoms with E-state index in [2.05, 4.69) is 4.72 Å². The molecule has 0 spiro atoms. The zero-order valence-electron chi connectivity index (χ0n) is 12.1. The Labute approximate surface area is 112 Å². The highest BCUT2D eigenvalue weighted by atomic mass is 32.2. The van der Waals surface area contributed by atoms with Crippen molar-refractivity contribution in [1.82, 2.24) is 9.03 Å². The van der Waals surface area contributed by atoms with Gasteiger partial charge in [-0.05, 0) is 19.3 Å². The molecule has 0 unspecified atom stereocenters. The average Bonchev–Trinajstić information content (AvgIpc) is 2.38. The summed E-state index contributed by atoms with van der Waals surface area (Å²) in [6, 6.07) is 0. The fraction of sp³-hybridized carbons (Fsp3) is 1.00. The quantitative estimate of drug-likeness (QED) is 0.634. The summed E-state index contributed by atoms with van der Waals surface area (Å²) in [5.41, 5.74) is -0.349. The van der Waals surface area contributed by atoms with Gasteiger partial charge in [0.15, 0.2) is 0 Å². The van der Waals surface area contributed by atoms with Gasteiger partial charge in [-0.2, -0.15) is 12.7 Å². The molecule has 0 rings (SSSR count). The SMILES string of the molecule is CCCCN(C)S(=O)(=O)NCC(CC)(CC)CO. The molecule has 18 heavy (non-hydrogen) atoms. The van der Waals surface area contributed by atoms with Crippen molar-refractivity contribution in [1.29, 1.82) is 0 Å². The minimum absolute atomic E-state index is 0.00118. The molecule has 0 aliphatic carbocycles. The molecule has 0 amide bonds. The highest BCUT2D eigenvalue weighted by Gasteiger charge is 2.28. The van der Waals surface area contributed by atoms with Gasteiger partial charge in [0.25, 0.3) is 10.2 Å². The summed E-state index contributed by atoms with van der Waals surface area (Å²) < 4.78 is 27.9. The van der Waals surface area contributed by atoms with Gasteiger partial charge in [0, 0.05) is 32.2 Å². The van der Waals surface area contributed by atoms with Gasteiger partial charge in [-0.25, -0.2) is 4.72 Å². The van der Waals surface area contributed by atoms with Crippen LogP contribution in [0.2, 0.25) is 0 Å². The first-order valence-electron chi connectivity index (χ1n) is 6.69. The molecule has 0 radical (unpaired) electrons. The van der Waals surface area contributed by atoms with E-state index in [-0.39, 0.29) is 18.6 Å². The van der Waals surface area contributed by atoms with Crippen molar-refractivity contribution < 1.29 is 13.5 Å². The molecular formula is C12H28N2O3S. The summed E-state index contributed by atoms with van der Waals surface area (Å²) in [5.74, 6) is 0. The molecule has 5 nitrogen and oxygen atoms in total. The first kappa shape index (κ1) is 17.8. The van der Waals surface area contributed by atoms with Crippen LogP contribution in [-0.4, -0.2) is 44.6 Å². The molecule has 110 valence electrons. The summed E-state index contributed by atoms with van der Waals surface area (Å²) in [6.07, 6.45) is 3.32. The lowest BCUT2D eigenvalue weighted by atomic mass is 9.84. The summed E-state index contributed by atoms with van der Waals surface area (Å²) in [7, 11) is -1.84. The smallest absolute Gasteiger partial charge is 0.279 e. The molecule has 0 aromatic rings. The monoisotopic (exact) mass is 280 g/mol. The van der Waals surface area contributed by atoms with E-state index in [4.69, 9.17) is 0 Å². The van der Waals surface area contributed by atoms with Crippen molar-refractivity contribution >= 4 is 10.2 Å². The summed E-state index contributed by atoms with van der Waals surface area (Å²) in [5, 5.41) is 9.40. The van der Waals surface area contributed by atoms with Crippen LogP contribution in [-0.2, 0) is 10.2 Å². The topological polar surface area (TPSA) is 69.6 Å². The van der Waals surface area contributed by atoms with Crippen molar-refractivity contribution in [3.8, 4) is 0 Å². The Bertz CT molecular complexity index is 305. The fourth-order valence-electron chi connectivity index (χ4n) is 1.63. The third-order valence-electron chi connectivity index (χ3n) is 3.70. The summed E-state index contributed by atoms with van der Waals surface area (Å²) >= 11 is 0. The van der Waals surface area contributed by atoms with Crippen LogP contribution in [0.5, 0.6) is 0 Å². The van der Waals surface area contributed by atoms with Crippen LogP contribution in [0.1, 0.15) is 46.5 Å². The van der Waals surface area contributed by atoms with Crippen molar-refractivity contribution in [2.75, 3.05) is 26.7 Å². The lowest BCUT2D eigenvalue weighted by molar-refractivity contribution is 0.119. The largest absolute Gasteiger partial charge is 0.396 e. The maximum absolute atomic E-state index is 12.0. The molecule has 0 aliphatic heterocycles. The second kappa shape index (κ2) is 8.09. The van der Waals surface area contributed by atoms with Crippen LogP contribution in [0.25, 0.3) is 0 Å². The molecule has 6 heteroatoms. The highest BCUT2D eigenvalue weighted by molar-refractivity contribution is 7.87. The maximum atomic E-state index is 12.0. The predicted molar refractivity (Wildman–Crippen MR) is 74.6 cm³/mol. The van der Waals surface area contributed by atoms with Gasteiger partial charge < -0.3 is 5.11 Å². The zero-order valence-corrected chi connectivity index (χ0v) is 12.9. The molecule has 0 bridgehead atoms. The molecule has 2 N–H and O–H groups in total. The fourth-order valence-corrected chi connectivity index (χ4v) is 2.71. The van der Waals surface area contributed by atoms with E-state index in [0.717, 1.165) is 25.7 Å². The van der Waals surface area contributed by atoms with Crippen LogP contribution in [0.15, 0.2) is 0 Å². The number of aliphatic hydroxyl groups excluding tert-OH is 1. The Balaban J connectivity index is 4.49. The van der Waals surface area contributed by atoms with E-state index in [1.54, 1.807) is 7.05 Å². The van der Waals surface area contributed by atoms with E-state index in [0.29, 0.717) is 6.54 Å². The molecule has 0 aliphatic rings.